The van der Waals surface area contributed by atoms with E-state index in [1.165, 1.54) is 12.0 Å². The summed E-state index contributed by atoms with van der Waals surface area (Å²) in [5, 5.41) is 9.31. The molecule has 0 saturated carbocycles. The predicted octanol–water partition coefficient (Wildman–Crippen LogP) is 0.932. The van der Waals surface area contributed by atoms with Gasteiger partial charge in [-0.05, 0) is 43.0 Å². The lowest BCUT2D eigenvalue weighted by Crippen LogP contribution is -2.60. The molecule has 0 atom stereocenters. The Morgan fingerprint density at radius 3 is 2.93 bits per heavy atom. The van der Waals surface area contributed by atoms with Gasteiger partial charge in [0.1, 0.15) is 0 Å². The molecule has 0 aromatic carbocycles. The third kappa shape index (κ3) is 2.55. The molecule has 1 aliphatic carbocycles. The van der Waals surface area contributed by atoms with E-state index in [-0.39, 0.29) is 11.6 Å². The molecule has 2 aliphatic rings. The standard InChI is InChI=1S/C19H21N7O/c1-24(19-21-17-14(6-4-8-20-17)18(27)25(19)2)13-10-26(11-13)16-9-12-5-3-7-15(12)22-23-16/h4,6,8-9,13H,3,5,7,10-11H2,1-2H3. The number of likely N-dealkylation sites (N-methyl/N-ethyl adjacent to an activating group) is 1. The Morgan fingerprint density at radius 1 is 1.22 bits per heavy atom. The van der Waals surface area contributed by atoms with Gasteiger partial charge in [-0.1, -0.05) is 0 Å². The van der Waals surface area contributed by atoms with Crippen LogP contribution in [-0.4, -0.2) is 50.9 Å². The average molecular weight is 363 g/mol. The number of fused-ring (bicyclic) bond motifs is 2. The van der Waals surface area contributed by atoms with Crippen molar-refractivity contribution in [2.24, 2.45) is 7.05 Å². The lowest BCUT2D eigenvalue weighted by molar-refractivity contribution is 0.479. The quantitative estimate of drug-likeness (QED) is 0.685. The Hall–Kier alpha value is -3.03. The normalized spacial score (nSPS) is 16.4. The molecule has 0 amide bonds. The van der Waals surface area contributed by atoms with E-state index in [4.69, 9.17) is 0 Å². The fourth-order valence-electron chi connectivity index (χ4n) is 3.93. The van der Waals surface area contributed by atoms with Gasteiger partial charge in [0.05, 0.1) is 17.1 Å². The molecule has 8 nitrogen and oxygen atoms in total. The first-order valence-corrected chi connectivity index (χ1v) is 9.27. The summed E-state index contributed by atoms with van der Waals surface area (Å²) in [7, 11) is 3.74. The minimum Gasteiger partial charge on any atom is -0.351 e. The molecule has 0 bridgehead atoms. The molecule has 0 spiro atoms. The zero-order chi connectivity index (χ0) is 18.5. The summed E-state index contributed by atoms with van der Waals surface area (Å²) in [6.07, 6.45) is 4.99. The zero-order valence-corrected chi connectivity index (χ0v) is 15.5. The third-order valence-electron chi connectivity index (χ3n) is 5.68. The Balaban J connectivity index is 1.37. The molecule has 27 heavy (non-hydrogen) atoms. The number of hydrogen-bond donors (Lipinski definition) is 0. The molecule has 3 aromatic rings. The number of aryl methyl sites for hydroxylation is 2. The Kier molecular flexibility index (Phi) is 3.60. The van der Waals surface area contributed by atoms with E-state index >= 15 is 0 Å². The molecule has 5 rings (SSSR count). The van der Waals surface area contributed by atoms with Crippen molar-refractivity contribution < 1.29 is 0 Å². The molecule has 0 unspecified atom stereocenters. The van der Waals surface area contributed by atoms with Crippen molar-refractivity contribution in [3.63, 3.8) is 0 Å². The van der Waals surface area contributed by atoms with E-state index < -0.39 is 0 Å². The molecule has 1 aliphatic heterocycles. The number of rotatable bonds is 3. The largest absolute Gasteiger partial charge is 0.351 e. The van der Waals surface area contributed by atoms with Gasteiger partial charge in [0.15, 0.2) is 11.5 Å². The van der Waals surface area contributed by atoms with Crippen LogP contribution in [0.25, 0.3) is 11.0 Å². The number of nitrogens with zero attached hydrogens (tertiary/aromatic N) is 7. The van der Waals surface area contributed by atoms with Gasteiger partial charge >= 0.3 is 0 Å². The number of anilines is 2. The second kappa shape index (κ2) is 6.00. The summed E-state index contributed by atoms with van der Waals surface area (Å²) >= 11 is 0. The monoisotopic (exact) mass is 363 g/mol. The molecule has 1 fully saturated rings. The lowest BCUT2D eigenvalue weighted by Gasteiger charge is -2.45. The Bertz CT molecular complexity index is 1090. The fraction of sp³-hybridized carbons (Fsp3) is 0.421. The summed E-state index contributed by atoms with van der Waals surface area (Å²) in [6, 6.07) is 5.97. The SMILES string of the molecule is CN(c1nc2ncccc2c(=O)n1C)C1CN(c2cc3c(nn2)CCC3)C1. The highest BCUT2D eigenvalue weighted by Gasteiger charge is 2.33. The summed E-state index contributed by atoms with van der Waals surface area (Å²) < 4.78 is 1.60. The molecule has 3 aromatic heterocycles. The Labute approximate surface area is 156 Å². The maximum Gasteiger partial charge on any atom is 0.264 e. The van der Waals surface area contributed by atoms with E-state index in [0.29, 0.717) is 17.0 Å². The lowest BCUT2D eigenvalue weighted by atomic mass is 10.1. The van der Waals surface area contributed by atoms with Crippen LogP contribution in [0.2, 0.25) is 0 Å². The molecular formula is C19H21N7O. The second-order valence-corrected chi connectivity index (χ2v) is 7.35. The average Bonchev–Trinajstić information content (AvgIpc) is 3.11. The van der Waals surface area contributed by atoms with Gasteiger partial charge in [0, 0.05) is 33.4 Å². The van der Waals surface area contributed by atoms with Crippen LogP contribution in [0.15, 0.2) is 29.2 Å². The van der Waals surface area contributed by atoms with Crippen LogP contribution in [0.1, 0.15) is 17.7 Å². The van der Waals surface area contributed by atoms with Gasteiger partial charge in [-0.15, -0.1) is 5.10 Å². The molecule has 0 N–H and O–H groups in total. The van der Waals surface area contributed by atoms with E-state index in [0.717, 1.165) is 37.4 Å². The zero-order valence-electron chi connectivity index (χ0n) is 15.5. The van der Waals surface area contributed by atoms with Gasteiger partial charge in [-0.2, -0.15) is 10.1 Å². The van der Waals surface area contributed by atoms with Crippen molar-refractivity contribution in [1.29, 1.82) is 0 Å². The van der Waals surface area contributed by atoms with Crippen molar-refractivity contribution in [2.45, 2.75) is 25.3 Å². The highest BCUT2D eigenvalue weighted by molar-refractivity contribution is 5.74. The second-order valence-electron chi connectivity index (χ2n) is 7.35. The van der Waals surface area contributed by atoms with Crippen molar-refractivity contribution in [1.82, 2.24) is 24.7 Å². The van der Waals surface area contributed by atoms with Crippen molar-refractivity contribution in [3.8, 4) is 0 Å². The highest BCUT2D eigenvalue weighted by Crippen LogP contribution is 2.27. The third-order valence-corrected chi connectivity index (χ3v) is 5.68. The van der Waals surface area contributed by atoms with Crippen molar-refractivity contribution >= 4 is 22.8 Å². The van der Waals surface area contributed by atoms with E-state index in [9.17, 15) is 4.79 Å². The minimum absolute atomic E-state index is 0.0735. The van der Waals surface area contributed by atoms with Gasteiger partial charge in [0.2, 0.25) is 5.95 Å². The van der Waals surface area contributed by atoms with Gasteiger partial charge in [-0.3, -0.25) is 9.36 Å². The Morgan fingerprint density at radius 2 is 2.07 bits per heavy atom. The first kappa shape index (κ1) is 16.2. The first-order chi connectivity index (χ1) is 13.1. The van der Waals surface area contributed by atoms with Crippen molar-refractivity contribution in [3.05, 3.63) is 46.0 Å². The summed E-state index contributed by atoms with van der Waals surface area (Å²) in [5.41, 5.74) is 2.90. The predicted molar refractivity (Wildman–Crippen MR) is 103 cm³/mol. The van der Waals surface area contributed by atoms with Crippen LogP contribution < -0.4 is 15.4 Å². The highest BCUT2D eigenvalue weighted by atomic mass is 16.1. The van der Waals surface area contributed by atoms with Gasteiger partial charge in [-0.25, -0.2) is 4.98 Å². The van der Waals surface area contributed by atoms with Crippen LogP contribution in [0.3, 0.4) is 0 Å². The van der Waals surface area contributed by atoms with E-state index in [1.54, 1.807) is 29.9 Å². The molecule has 8 heteroatoms. The van der Waals surface area contributed by atoms with Crippen LogP contribution in [0.5, 0.6) is 0 Å². The van der Waals surface area contributed by atoms with Gasteiger partial charge in [0.25, 0.3) is 5.56 Å². The fourth-order valence-corrected chi connectivity index (χ4v) is 3.93. The minimum atomic E-state index is -0.0735. The van der Waals surface area contributed by atoms with Crippen LogP contribution >= 0.6 is 0 Å². The first-order valence-electron chi connectivity index (χ1n) is 9.27. The van der Waals surface area contributed by atoms with E-state index in [2.05, 4.69) is 36.0 Å². The van der Waals surface area contributed by atoms with Crippen LogP contribution in [0.4, 0.5) is 11.8 Å². The van der Waals surface area contributed by atoms with Crippen molar-refractivity contribution in [2.75, 3.05) is 29.9 Å². The number of pyridine rings is 1. The summed E-state index contributed by atoms with van der Waals surface area (Å²) in [6.45, 7) is 1.67. The molecular weight excluding hydrogens is 342 g/mol. The number of aromatic nitrogens is 5. The number of hydrogen-bond acceptors (Lipinski definition) is 7. The summed E-state index contributed by atoms with van der Waals surface area (Å²) in [5.74, 6) is 1.58. The topological polar surface area (TPSA) is 80.0 Å². The van der Waals surface area contributed by atoms with Crippen LogP contribution in [0, 0.1) is 0 Å². The summed E-state index contributed by atoms with van der Waals surface area (Å²) in [4.78, 5) is 25.8. The van der Waals surface area contributed by atoms with Crippen LogP contribution in [-0.2, 0) is 19.9 Å². The molecule has 138 valence electrons. The smallest absolute Gasteiger partial charge is 0.264 e. The molecule has 1 saturated heterocycles. The van der Waals surface area contributed by atoms with E-state index in [1.807, 2.05) is 7.05 Å². The molecule has 0 radical (unpaired) electrons. The van der Waals surface area contributed by atoms with Gasteiger partial charge < -0.3 is 9.80 Å². The maximum absolute atomic E-state index is 12.6. The molecule has 4 heterocycles. The maximum atomic E-state index is 12.6.